The second-order valence-corrected chi connectivity index (χ2v) is 8.46. The summed E-state index contributed by atoms with van der Waals surface area (Å²) < 4.78 is 5.01. The molecule has 1 aliphatic heterocycles. The number of nitrogens with one attached hydrogen (secondary N) is 1. The fraction of sp³-hybridized carbons (Fsp3) is 0.367. The Balaban J connectivity index is 0.000000190. The minimum absolute atomic E-state index is 0.0178. The van der Waals surface area contributed by atoms with Crippen molar-refractivity contribution in [2.75, 3.05) is 20.2 Å². The van der Waals surface area contributed by atoms with Gasteiger partial charge in [0.05, 0.1) is 7.11 Å². The Morgan fingerprint density at radius 1 is 0.941 bits per heavy atom. The van der Waals surface area contributed by atoms with Crippen molar-refractivity contribution in [3.05, 3.63) is 102 Å². The topological polar surface area (TPSA) is 41.6 Å². The van der Waals surface area contributed by atoms with Crippen molar-refractivity contribution in [3.8, 4) is 5.75 Å². The van der Waals surface area contributed by atoms with E-state index < -0.39 is 0 Å². The van der Waals surface area contributed by atoms with Crippen LogP contribution < -0.4 is 10.1 Å². The first kappa shape index (κ1) is 27.1. The Labute approximate surface area is 206 Å². The first-order valence-electron chi connectivity index (χ1n) is 12.2. The Bertz CT molecular complexity index is 927. The highest BCUT2D eigenvalue weighted by molar-refractivity contribution is 5.72. The van der Waals surface area contributed by atoms with Crippen LogP contribution >= 0.6 is 0 Å². The summed E-state index contributed by atoms with van der Waals surface area (Å²) in [5.74, 6) is 0.808. The maximum atomic E-state index is 10.6. The highest BCUT2D eigenvalue weighted by Gasteiger charge is 2.21. The van der Waals surface area contributed by atoms with Crippen LogP contribution in [0.3, 0.4) is 0 Å². The van der Waals surface area contributed by atoms with E-state index >= 15 is 0 Å². The van der Waals surface area contributed by atoms with Gasteiger partial charge in [0.2, 0.25) is 5.91 Å². The lowest BCUT2D eigenvalue weighted by Crippen LogP contribution is -2.33. The fourth-order valence-corrected chi connectivity index (χ4v) is 3.93. The van der Waals surface area contributed by atoms with Crippen LogP contribution in [0.4, 0.5) is 0 Å². The highest BCUT2D eigenvalue weighted by Crippen LogP contribution is 2.30. The summed E-state index contributed by atoms with van der Waals surface area (Å²) in [6.45, 7) is 8.87. The summed E-state index contributed by atoms with van der Waals surface area (Å²) in [6, 6.07) is 29.5. The summed E-state index contributed by atoms with van der Waals surface area (Å²) in [7, 11) is 1.63. The van der Waals surface area contributed by atoms with Gasteiger partial charge in [-0.3, -0.25) is 9.69 Å². The number of nitrogens with zero attached hydrogens (tertiary/aromatic N) is 1. The standard InChI is InChI=1S/C13H19N.C10H13NO2.C7H8/c1-2-14-11-7-6-10-13(14)12-8-4-3-5-9-12;1-8(12)11-7-9-3-5-10(13-2)6-4-9;1-7-5-3-2-4-6-7/h3-5,8-9,13H,2,6-7,10-11H2,1H3;3-6H,7H2,1-2H3,(H,11,12);2-6H,1H3/t13-;;/m0../s1. The molecule has 0 unspecified atom stereocenters. The van der Waals surface area contributed by atoms with E-state index in [1.165, 1.54) is 50.4 Å². The van der Waals surface area contributed by atoms with Crippen molar-refractivity contribution in [2.24, 2.45) is 0 Å². The average Bonchev–Trinajstić information content (AvgIpc) is 2.89. The third-order valence-electron chi connectivity index (χ3n) is 5.85. The van der Waals surface area contributed by atoms with Gasteiger partial charge in [-0.05, 0) is 56.1 Å². The highest BCUT2D eigenvalue weighted by atomic mass is 16.5. The Kier molecular flexibility index (Phi) is 12.5. The van der Waals surface area contributed by atoms with Gasteiger partial charge in [-0.25, -0.2) is 0 Å². The molecule has 1 saturated heterocycles. The smallest absolute Gasteiger partial charge is 0.217 e. The molecule has 0 radical (unpaired) electrons. The quantitative estimate of drug-likeness (QED) is 0.469. The molecule has 4 rings (SSSR count). The molecule has 182 valence electrons. The number of methoxy groups -OCH3 is 1. The molecular weight excluding hydrogens is 420 g/mol. The van der Waals surface area contributed by atoms with E-state index in [-0.39, 0.29) is 5.91 Å². The lowest BCUT2D eigenvalue weighted by molar-refractivity contribution is -0.119. The second-order valence-electron chi connectivity index (χ2n) is 8.46. The van der Waals surface area contributed by atoms with Crippen molar-refractivity contribution in [1.82, 2.24) is 10.2 Å². The number of likely N-dealkylation sites (tertiary alicyclic amines) is 1. The lowest BCUT2D eigenvalue weighted by Gasteiger charge is -2.35. The maximum Gasteiger partial charge on any atom is 0.217 e. The molecule has 0 saturated carbocycles. The van der Waals surface area contributed by atoms with Crippen LogP contribution in [0.15, 0.2) is 84.9 Å². The molecule has 1 heterocycles. The molecule has 0 spiro atoms. The zero-order chi connectivity index (χ0) is 24.6. The van der Waals surface area contributed by atoms with Crippen molar-refractivity contribution >= 4 is 5.91 Å². The van der Waals surface area contributed by atoms with Gasteiger partial charge in [-0.2, -0.15) is 0 Å². The number of rotatable bonds is 5. The maximum absolute atomic E-state index is 10.6. The third-order valence-corrected chi connectivity index (χ3v) is 5.85. The lowest BCUT2D eigenvalue weighted by atomic mass is 9.95. The largest absolute Gasteiger partial charge is 0.497 e. The molecular formula is C30H40N2O2. The Morgan fingerprint density at radius 3 is 2.06 bits per heavy atom. The summed E-state index contributed by atoms with van der Waals surface area (Å²) in [4.78, 5) is 13.2. The van der Waals surface area contributed by atoms with E-state index in [0.717, 1.165) is 11.3 Å². The molecule has 1 amide bonds. The van der Waals surface area contributed by atoms with Crippen LogP contribution in [-0.4, -0.2) is 31.0 Å². The number of benzene rings is 3. The van der Waals surface area contributed by atoms with E-state index in [4.69, 9.17) is 4.74 Å². The summed E-state index contributed by atoms with van der Waals surface area (Å²) in [5, 5.41) is 2.72. The van der Waals surface area contributed by atoms with Gasteiger partial charge < -0.3 is 10.1 Å². The number of carbonyl (C=O) groups excluding carboxylic acids is 1. The first-order chi connectivity index (χ1) is 16.5. The van der Waals surface area contributed by atoms with Crippen LogP contribution in [0.1, 0.15) is 55.8 Å². The number of ether oxygens (including phenoxy) is 1. The summed E-state index contributed by atoms with van der Waals surface area (Å²) in [5.41, 5.74) is 3.88. The van der Waals surface area contributed by atoms with Gasteiger partial charge in [0, 0.05) is 19.5 Å². The van der Waals surface area contributed by atoms with Gasteiger partial charge in [-0.15, -0.1) is 0 Å². The monoisotopic (exact) mass is 460 g/mol. The van der Waals surface area contributed by atoms with Gasteiger partial charge in [0.15, 0.2) is 0 Å². The van der Waals surface area contributed by atoms with Crippen molar-refractivity contribution in [1.29, 1.82) is 0 Å². The second kappa shape index (κ2) is 15.7. The minimum atomic E-state index is -0.0178. The molecule has 1 N–H and O–H groups in total. The molecule has 34 heavy (non-hydrogen) atoms. The van der Waals surface area contributed by atoms with Crippen LogP contribution in [0, 0.1) is 6.92 Å². The van der Waals surface area contributed by atoms with Crippen LogP contribution in [-0.2, 0) is 11.3 Å². The normalized spacial score (nSPS) is 15.1. The van der Waals surface area contributed by atoms with Crippen LogP contribution in [0.25, 0.3) is 0 Å². The molecule has 0 aliphatic carbocycles. The molecule has 4 nitrogen and oxygen atoms in total. The fourth-order valence-electron chi connectivity index (χ4n) is 3.93. The molecule has 0 aromatic heterocycles. The number of aryl methyl sites for hydroxylation is 1. The van der Waals surface area contributed by atoms with E-state index in [0.29, 0.717) is 12.6 Å². The zero-order valence-electron chi connectivity index (χ0n) is 21.2. The zero-order valence-corrected chi connectivity index (χ0v) is 21.2. The molecule has 1 aliphatic rings. The SMILES string of the molecule is CCN1CCCC[C@H]1c1ccccc1.COc1ccc(CNC(C)=O)cc1.Cc1ccccc1. The summed E-state index contributed by atoms with van der Waals surface area (Å²) >= 11 is 0. The summed E-state index contributed by atoms with van der Waals surface area (Å²) in [6.07, 6.45) is 4.09. The van der Waals surface area contributed by atoms with Gasteiger partial charge in [0.1, 0.15) is 5.75 Å². The molecule has 4 heteroatoms. The number of amides is 1. The van der Waals surface area contributed by atoms with Gasteiger partial charge in [0.25, 0.3) is 0 Å². The predicted molar refractivity (Wildman–Crippen MR) is 142 cm³/mol. The van der Waals surface area contributed by atoms with Crippen molar-refractivity contribution in [2.45, 2.75) is 52.6 Å². The molecule has 3 aromatic carbocycles. The van der Waals surface area contributed by atoms with Crippen LogP contribution in [0.2, 0.25) is 0 Å². The van der Waals surface area contributed by atoms with Crippen molar-refractivity contribution < 1.29 is 9.53 Å². The molecule has 1 fully saturated rings. The number of piperidine rings is 1. The Morgan fingerprint density at radius 2 is 1.56 bits per heavy atom. The van der Waals surface area contributed by atoms with Gasteiger partial charge in [-0.1, -0.05) is 91.7 Å². The third kappa shape index (κ3) is 10.2. The van der Waals surface area contributed by atoms with E-state index in [2.05, 4.69) is 66.5 Å². The van der Waals surface area contributed by atoms with Gasteiger partial charge >= 0.3 is 0 Å². The van der Waals surface area contributed by atoms with E-state index in [1.54, 1.807) is 7.11 Å². The first-order valence-corrected chi connectivity index (χ1v) is 12.2. The number of hydrogen-bond acceptors (Lipinski definition) is 3. The molecule has 3 aromatic rings. The number of carbonyl (C=O) groups is 1. The minimum Gasteiger partial charge on any atom is -0.497 e. The Hall–Kier alpha value is -3.11. The van der Waals surface area contributed by atoms with Crippen molar-refractivity contribution in [3.63, 3.8) is 0 Å². The predicted octanol–water partition coefficient (Wildman–Crippen LogP) is 6.56. The molecule has 0 bridgehead atoms. The van der Waals surface area contributed by atoms with Crippen LogP contribution in [0.5, 0.6) is 5.75 Å². The average molecular weight is 461 g/mol. The van der Waals surface area contributed by atoms with E-state index in [9.17, 15) is 4.79 Å². The van der Waals surface area contributed by atoms with E-state index in [1.807, 2.05) is 42.5 Å². The number of hydrogen-bond donors (Lipinski definition) is 1. The molecule has 1 atom stereocenters.